The molecule has 0 aliphatic heterocycles. The molecule has 5 nitrogen and oxygen atoms in total. The van der Waals surface area contributed by atoms with Gasteiger partial charge in [0.05, 0.1) is 31.1 Å². The van der Waals surface area contributed by atoms with E-state index in [2.05, 4.69) is 23.4 Å². The summed E-state index contributed by atoms with van der Waals surface area (Å²) in [6, 6.07) is 0.320. The van der Waals surface area contributed by atoms with E-state index in [9.17, 15) is 4.79 Å². The number of hydrogen-bond donors (Lipinski definition) is 0. The summed E-state index contributed by atoms with van der Waals surface area (Å²) in [5, 5.41) is 0. The van der Waals surface area contributed by atoms with E-state index in [-0.39, 0.29) is 12.0 Å². The standard InChI is InChI=1S/C13H23N3O2/c1-6-18-13(17)7-11(15(4)5)12-8-14-9-16(12)10(2)3/h8-11H,6-7H2,1-5H3. The highest BCUT2D eigenvalue weighted by Gasteiger charge is 2.23. The highest BCUT2D eigenvalue weighted by atomic mass is 16.5. The third-order valence-corrected chi connectivity index (χ3v) is 2.88. The lowest BCUT2D eigenvalue weighted by atomic mass is 10.1. The van der Waals surface area contributed by atoms with Crippen molar-refractivity contribution in [1.29, 1.82) is 0 Å². The Morgan fingerprint density at radius 3 is 2.67 bits per heavy atom. The fourth-order valence-corrected chi connectivity index (χ4v) is 1.93. The predicted octanol–water partition coefficient (Wildman–Crippen LogP) is 2.02. The summed E-state index contributed by atoms with van der Waals surface area (Å²) in [4.78, 5) is 17.9. The van der Waals surface area contributed by atoms with Crippen LogP contribution in [0.15, 0.2) is 12.5 Å². The van der Waals surface area contributed by atoms with Crippen molar-refractivity contribution < 1.29 is 9.53 Å². The van der Waals surface area contributed by atoms with Crippen molar-refractivity contribution in [3.05, 3.63) is 18.2 Å². The molecule has 1 aromatic heterocycles. The number of ether oxygens (including phenoxy) is 1. The smallest absolute Gasteiger partial charge is 0.307 e. The SMILES string of the molecule is CCOC(=O)CC(c1cncn1C(C)C)N(C)C. The molecule has 1 rings (SSSR count). The van der Waals surface area contributed by atoms with Crippen molar-refractivity contribution >= 4 is 5.97 Å². The lowest BCUT2D eigenvalue weighted by Crippen LogP contribution is -2.26. The number of carbonyl (C=O) groups excluding carboxylic acids is 1. The second-order valence-corrected chi connectivity index (χ2v) is 4.81. The van der Waals surface area contributed by atoms with Crippen molar-refractivity contribution in [1.82, 2.24) is 14.5 Å². The van der Waals surface area contributed by atoms with Crippen molar-refractivity contribution in [2.45, 2.75) is 39.3 Å². The van der Waals surface area contributed by atoms with Crippen LogP contribution < -0.4 is 0 Å². The van der Waals surface area contributed by atoms with Crippen LogP contribution in [0.1, 0.15) is 45.0 Å². The highest BCUT2D eigenvalue weighted by molar-refractivity contribution is 5.70. The summed E-state index contributed by atoms with van der Waals surface area (Å²) in [6.45, 7) is 6.44. The molecule has 0 aliphatic carbocycles. The number of esters is 1. The molecule has 18 heavy (non-hydrogen) atoms. The number of nitrogens with zero attached hydrogens (tertiary/aromatic N) is 3. The van der Waals surface area contributed by atoms with Gasteiger partial charge in [0.15, 0.2) is 0 Å². The molecule has 1 aromatic rings. The van der Waals surface area contributed by atoms with Gasteiger partial charge in [-0.2, -0.15) is 0 Å². The zero-order valence-electron chi connectivity index (χ0n) is 11.9. The van der Waals surface area contributed by atoms with Crippen LogP contribution in [0.5, 0.6) is 0 Å². The summed E-state index contributed by atoms with van der Waals surface area (Å²) in [7, 11) is 3.92. The van der Waals surface area contributed by atoms with Gasteiger partial charge in [-0.15, -0.1) is 0 Å². The minimum atomic E-state index is -0.173. The quantitative estimate of drug-likeness (QED) is 0.728. The molecule has 1 heterocycles. The third-order valence-electron chi connectivity index (χ3n) is 2.88. The molecular formula is C13H23N3O2. The molecule has 0 saturated carbocycles. The van der Waals surface area contributed by atoms with E-state index in [4.69, 9.17) is 4.74 Å². The van der Waals surface area contributed by atoms with Crippen molar-refractivity contribution in [2.24, 2.45) is 0 Å². The predicted molar refractivity (Wildman–Crippen MR) is 70.3 cm³/mol. The maximum absolute atomic E-state index is 11.7. The average Bonchev–Trinajstić information content (AvgIpc) is 2.74. The number of carbonyl (C=O) groups is 1. The molecule has 0 fully saturated rings. The first kappa shape index (κ1) is 14.7. The Balaban J connectivity index is 2.91. The summed E-state index contributed by atoms with van der Waals surface area (Å²) in [5.74, 6) is -0.173. The summed E-state index contributed by atoms with van der Waals surface area (Å²) in [5.41, 5.74) is 1.04. The molecule has 0 aliphatic rings. The van der Waals surface area contributed by atoms with E-state index in [1.807, 2.05) is 38.4 Å². The van der Waals surface area contributed by atoms with Crippen molar-refractivity contribution in [3.8, 4) is 0 Å². The largest absolute Gasteiger partial charge is 0.466 e. The Hall–Kier alpha value is -1.36. The molecule has 0 radical (unpaired) electrons. The van der Waals surface area contributed by atoms with Gasteiger partial charge < -0.3 is 14.2 Å². The lowest BCUT2D eigenvalue weighted by Gasteiger charge is -2.25. The first-order chi connectivity index (χ1) is 8.47. The van der Waals surface area contributed by atoms with Crippen LogP contribution in [-0.4, -0.2) is 41.1 Å². The first-order valence-electron chi connectivity index (χ1n) is 6.31. The minimum absolute atomic E-state index is 0.00560. The first-order valence-corrected chi connectivity index (χ1v) is 6.31. The second-order valence-electron chi connectivity index (χ2n) is 4.81. The van der Waals surface area contributed by atoms with E-state index >= 15 is 0 Å². The molecule has 0 bridgehead atoms. The van der Waals surface area contributed by atoms with Crippen LogP contribution in [-0.2, 0) is 9.53 Å². The Morgan fingerprint density at radius 2 is 2.17 bits per heavy atom. The Bertz CT molecular complexity index is 385. The van der Waals surface area contributed by atoms with Gasteiger partial charge in [-0.05, 0) is 34.9 Å². The zero-order valence-corrected chi connectivity index (χ0v) is 11.9. The minimum Gasteiger partial charge on any atom is -0.466 e. The van der Waals surface area contributed by atoms with Crippen LogP contribution in [0.2, 0.25) is 0 Å². The molecule has 1 atom stereocenters. The average molecular weight is 253 g/mol. The molecule has 0 amide bonds. The van der Waals surface area contributed by atoms with Gasteiger partial charge in [0.1, 0.15) is 0 Å². The normalized spacial score (nSPS) is 13.1. The fraction of sp³-hybridized carbons (Fsp3) is 0.692. The van der Waals surface area contributed by atoms with Crippen LogP contribution in [0, 0.1) is 0 Å². The number of rotatable bonds is 6. The summed E-state index contributed by atoms with van der Waals surface area (Å²) in [6.07, 6.45) is 3.98. The monoisotopic (exact) mass is 253 g/mol. The third kappa shape index (κ3) is 3.57. The van der Waals surface area contributed by atoms with Gasteiger partial charge in [-0.1, -0.05) is 0 Å². The topological polar surface area (TPSA) is 47.4 Å². The lowest BCUT2D eigenvalue weighted by molar-refractivity contribution is -0.144. The molecule has 0 saturated heterocycles. The van der Waals surface area contributed by atoms with Gasteiger partial charge in [0, 0.05) is 12.2 Å². The van der Waals surface area contributed by atoms with Gasteiger partial charge in [0.2, 0.25) is 0 Å². The van der Waals surface area contributed by atoms with E-state index in [1.165, 1.54) is 0 Å². The second kappa shape index (κ2) is 6.54. The molecule has 0 N–H and O–H groups in total. The molecule has 5 heteroatoms. The van der Waals surface area contributed by atoms with Gasteiger partial charge in [-0.25, -0.2) is 4.98 Å². The van der Waals surface area contributed by atoms with E-state index < -0.39 is 0 Å². The molecule has 0 aromatic carbocycles. The van der Waals surface area contributed by atoms with E-state index in [0.717, 1.165) is 5.69 Å². The van der Waals surface area contributed by atoms with Gasteiger partial charge >= 0.3 is 5.97 Å². The summed E-state index contributed by atoms with van der Waals surface area (Å²) < 4.78 is 7.11. The molecular weight excluding hydrogens is 230 g/mol. The number of hydrogen-bond acceptors (Lipinski definition) is 4. The van der Waals surface area contributed by atoms with E-state index in [0.29, 0.717) is 19.1 Å². The van der Waals surface area contributed by atoms with Crippen LogP contribution in [0.3, 0.4) is 0 Å². The highest BCUT2D eigenvalue weighted by Crippen LogP contribution is 2.24. The Labute approximate surface area is 109 Å². The van der Waals surface area contributed by atoms with Crippen LogP contribution in [0.4, 0.5) is 0 Å². The van der Waals surface area contributed by atoms with Crippen molar-refractivity contribution in [3.63, 3.8) is 0 Å². The van der Waals surface area contributed by atoms with Crippen LogP contribution >= 0.6 is 0 Å². The Kier molecular flexibility index (Phi) is 5.34. The van der Waals surface area contributed by atoms with Gasteiger partial charge in [0.25, 0.3) is 0 Å². The maximum atomic E-state index is 11.7. The zero-order chi connectivity index (χ0) is 13.7. The Morgan fingerprint density at radius 1 is 1.50 bits per heavy atom. The maximum Gasteiger partial charge on any atom is 0.307 e. The summed E-state index contributed by atoms with van der Waals surface area (Å²) >= 11 is 0. The van der Waals surface area contributed by atoms with Gasteiger partial charge in [-0.3, -0.25) is 4.79 Å². The molecule has 1 unspecified atom stereocenters. The molecule has 102 valence electrons. The van der Waals surface area contributed by atoms with E-state index in [1.54, 1.807) is 0 Å². The van der Waals surface area contributed by atoms with Crippen molar-refractivity contribution in [2.75, 3.05) is 20.7 Å². The van der Waals surface area contributed by atoms with Crippen LogP contribution in [0.25, 0.3) is 0 Å². The number of imidazole rings is 1. The number of aromatic nitrogens is 2. The fourth-order valence-electron chi connectivity index (χ4n) is 1.93. The molecule has 0 spiro atoms.